The summed E-state index contributed by atoms with van der Waals surface area (Å²) in [5.74, 6) is 0.930. The number of hydrogen-bond acceptors (Lipinski definition) is 3. The van der Waals surface area contributed by atoms with Crippen LogP contribution >= 0.6 is 0 Å². The average Bonchev–Trinajstić information content (AvgIpc) is 3.87. The molecule has 0 spiro atoms. The number of phenolic OH excluding ortho intramolecular Hbond substituents is 1. The van der Waals surface area contributed by atoms with E-state index >= 15 is 0 Å². The summed E-state index contributed by atoms with van der Waals surface area (Å²) in [7, 11) is 0. The molecule has 0 radical (unpaired) electrons. The number of phenols is 1. The van der Waals surface area contributed by atoms with Crippen LogP contribution in [0, 0.1) is 6.07 Å². The van der Waals surface area contributed by atoms with Crippen LogP contribution in [0.1, 0.15) is 105 Å². The van der Waals surface area contributed by atoms with Crippen molar-refractivity contribution >= 4 is 32.8 Å². The normalized spacial score (nSPS) is 12.5. The number of aromatic hydroxyl groups is 1. The van der Waals surface area contributed by atoms with Crippen molar-refractivity contribution in [1.82, 2.24) is 19.1 Å². The number of rotatable bonds is 6. The summed E-state index contributed by atoms with van der Waals surface area (Å²) in [6.07, 6.45) is 1.92. The smallest absolute Gasteiger partial charge is 0.148 e. The third kappa shape index (κ3) is 8.72. The fourth-order valence-electron chi connectivity index (χ4n) is 9.79. The van der Waals surface area contributed by atoms with Gasteiger partial charge in [-0.25, -0.2) is 4.98 Å². The minimum absolute atomic E-state index is 0. The Kier molecular flexibility index (Phi) is 12.3. The van der Waals surface area contributed by atoms with Crippen LogP contribution in [0.4, 0.5) is 0 Å². The molecule has 10 aromatic rings. The van der Waals surface area contributed by atoms with Crippen LogP contribution in [-0.2, 0) is 42.7 Å². The maximum atomic E-state index is 12.6. The van der Waals surface area contributed by atoms with Gasteiger partial charge in [0.2, 0.25) is 0 Å². The van der Waals surface area contributed by atoms with Gasteiger partial charge in [-0.3, -0.25) is 9.55 Å². The fourth-order valence-corrected chi connectivity index (χ4v) is 9.79. The van der Waals surface area contributed by atoms with Gasteiger partial charge in [0.1, 0.15) is 11.6 Å². The summed E-state index contributed by atoms with van der Waals surface area (Å²) in [6.45, 7) is 26.8. The summed E-state index contributed by atoms with van der Waals surface area (Å²) in [6, 6.07) is 58.2. The molecule has 7 aromatic carbocycles. The maximum Gasteiger partial charge on any atom is 0.148 e. The molecule has 1 N–H and O–H groups in total. The molecule has 70 heavy (non-hydrogen) atoms. The number of pyridine rings is 1. The largest absolute Gasteiger partial charge is 0.507 e. The van der Waals surface area contributed by atoms with Crippen molar-refractivity contribution in [2.24, 2.45) is 0 Å². The average molecular weight is 1100 g/mol. The van der Waals surface area contributed by atoms with E-state index in [1.807, 2.05) is 6.20 Å². The van der Waals surface area contributed by atoms with E-state index in [0.29, 0.717) is 11.4 Å². The van der Waals surface area contributed by atoms with Gasteiger partial charge in [0.05, 0.1) is 33.3 Å². The molecular formula is C64H63N4OPt-. The first-order valence-electron chi connectivity index (χ1n) is 24.3. The molecule has 10 rings (SSSR count). The second-order valence-corrected chi connectivity index (χ2v) is 22.9. The third-order valence-corrected chi connectivity index (χ3v) is 13.8. The molecule has 0 atom stereocenters. The minimum atomic E-state index is -0.336. The maximum absolute atomic E-state index is 12.6. The topological polar surface area (TPSA) is 55.9 Å². The Hall–Kier alpha value is -6.55. The van der Waals surface area contributed by atoms with E-state index in [0.717, 1.165) is 78.1 Å². The summed E-state index contributed by atoms with van der Waals surface area (Å²) in [5, 5.41) is 15.1. The molecule has 0 amide bonds. The molecular weight excluding hydrogens is 1040 g/mol. The molecule has 6 heteroatoms. The Morgan fingerprint density at radius 2 is 1.04 bits per heavy atom. The summed E-state index contributed by atoms with van der Waals surface area (Å²) < 4.78 is 4.62. The zero-order valence-electron chi connectivity index (χ0n) is 42.6. The van der Waals surface area contributed by atoms with Gasteiger partial charge in [0.25, 0.3) is 0 Å². The van der Waals surface area contributed by atoms with Crippen LogP contribution in [0.2, 0.25) is 0 Å². The van der Waals surface area contributed by atoms with Crippen molar-refractivity contribution in [2.75, 3.05) is 0 Å². The standard InChI is InChI=1S/C64H63N4O.Pt/c1-61(2,3)43-29-30-56(50(36-43)40-21-14-13-15-22-40)68-57-28-20-25-47(58(57)66-60(68)51-37-45(63(7,8)9)38-52(59(51)69)64(10,11)12)41-33-42(35-44(34-41)62(4,5)6)53-39-46(31-32-65-53)67-54-26-18-16-23-48(54)49-24-17-19-27-55(49)67;/h13-32,34-39,69H,1-12H3;/q-1;. The van der Waals surface area contributed by atoms with Crippen molar-refractivity contribution in [3.63, 3.8) is 0 Å². The van der Waals surface area contributed by atoms with E-state index in [-0.39, 0.29) is 48.5 Å². The number of para-hydroxylation sites is 3. The Morgan fingerprint density at radius 1 is 0.471 bits per heavy atom. The van der Waals surface area contributed by atoms with Crippen molar-refractivity contribution < 1.29 is 26.2 Å². The van der Waals surface area contributed by atoms with Crippen LogP contribution in [0.3, 0.4) is 0 Å². The second-order valence-electron chi connectivity index (χ2n) is 22.9. The molecule has 0 fully saturated rings. The van der Waals surface area contributed by atoms with Crippen molar-refractivity contribution in [2.45, 2.75) is 105 Å². The summed E-state index contributed by atoms with van der Waals surface area (Å²) in [5.41, 5.74) is 16.2. The van der Waals surface area contributed by atoms with Gasteiger partial charge in [-0.1, -0.05) is 185 Å². The number of hydrogen-bond donors (Lipinski definition) is 1. The van der Waals surface area contributed by atoms with Crippen LogP contribution in [0.25, 0.3) is 89.1 Å². The molecule has 5 nitrogen and oxygen atoms in total. The molecule has 0 saturated heterocycles. The molecule has 0 bridgehead atoms. The second kappa shape index (κ2) is 17.7. The van der Waals surface area contributed by atoms with Crippen LogP contribution in [-0.4, -0.2) is 24.2 Å². The van der Waals surface area contributed by atoms with E-state index in [4.69, 9.17) is 9.97 Å². The first-order valence-corrected chi connectivity index (χ1v) is 24.3. The zero-order chi connectivity index (χ0) is 48.8. The Morgan fingerprint density at radius 3 is 1.67 bits per heavy atom. The van der Waals surface area contributed by atoms with Gasteiger partial charge in [0.15, 0.2) is 0 Å². The third-order valence-electron chi connectivity index (χ3n) is 13.8. The van der Waals surface area contributed by atoms with Gasteiger partial charge in [-0.15, -0.1) is 29.3 Å². The number of imidazole rings is 1. The van der Waals surface area contributed by atoms with E-state index < -0.39 is 0 Å². The zero-order valence-corrected chi connectivity index (χ0v) is 44.8. The number of aromatic nitrogens is 4. The van der Waals surface area contributed by atoms with Crippen LogP contribution < -0.4 is 0 Å². The number of fused-ring (bicyclic) bond motifs is 4. The van der Waals surface area contributed by atoms with Gasteiger partial charge in [-0.2, -0.15) is 0 Å². The molecule has 3 aromatic heterocycles. The first kappa shape index (κ1) is 48.5. The molecule has 0 aliphatic heterocycles. The van der Waals surface area contributed by atoms with Gasteiger partial charge < -0.3 is 9.67 Å². The minimum Gasteiger partial charge on any atom is -0.507 e. The predicted octanol–water partition coefficient (Wildman–Crippen LogP) is 16.9. The van der Waals surface area contributed by atoms with E-state index in [1.165, 1.54) is 21.9 Å². The quantitative estimate of drug-likeness (QED) is 0.169. The van der Waals surface area contributed by atoms with Crippen molar-refractivity contribution in [3.8, 4) is 62.0 Å². The van der Waals surface area contributed by atoms with Crippen LogP contribution in [0.5, 0.6) is 5.75 Å². The van der Waals surface area contributed by atoms with Crippen molar-refractivity contribution in [3.05, 3.63) is 186 Å². The Balaban J connectivity index is 0.00000608. The van der Waals surface area contributed by atoms with Gasteiger partial charge in [-0.05, 0) is 86.9 Å². The van der Waals surface area contributed by atoms with Crippen LogP contribution in [0.15, 0.2) is 158 Å². The van der Waals surface area contributed by atoms with Crippen molar-refractivity contribution in [1.29, 1.82) is 0 Å². The Labute approximate surface area is 428 Å². The van der Waals surface area contributed by atoms with E-state index in [9.17, 15) is 5.11 Å². The predicted molar refractivity (Wildman–Crippen MR) is 290 cm³/mol. The molecule has 0 aliphatic rings. The molecule has 0 unspecified atom stereocenters. The summed E-state index contributed by atoms with van der Waals surface area (Å²) >= 11 is 0. The summed E-state index contributed by atoms with van der Waals surface area (Å²) in [4.78, 5) is 10.7. The SMILES string of the molecule is CC(C)(C)c1cc(-c2cc(-n3c4ccccc4c4ccccc43)ccn2)[c-]c(-c2cccc3c2nc(-c2cc(C(C)(C)C)cc(C(C)(C)C)c2O)n3-c2ccc(C(C)(C)C)cc2-c2ccccc2)c1.[Pt]. The number of nitrogens with zero attached hydrogens (tertiary/aromatic N) is 4. The van der Waals surface area contributed by atoms with E-state index in [2.05, 4.69) is 250 Å². The van der Waals surface area contributed by atoms with Gasteiger partial charge in [0, 0.05) is 60.5 Å². The molecule has 356 valence electrons. The first-order chi connectivity index (χ1) is 32.7. The van der Waals surface area contributed by atoms with E-state index in [1.54, 1.807) is 0 Å². The molecule has 0 aliphatic carbocycles. The molecule has 3 heterocycles. The molecule has 0 saturated carbocycles. The monoisotopic (exact) mass is 1100 g/mol. The fraction of sp³-hybridized carbons (Fsp3) is 0.250. The number of benzene rings is 7. The Bertz CT molecular complexity index is 3550. The van der Waals surface area contributed by atoms with Gasteiger partial charge >= 0.3 is 0 Å².